The average molecular weight is 600 g/mol. The van der Waals surface area contributed by atoms with Crippen LogP contribution in [0.4, 0.5) is 0 Å². The van der Waals surface area contributed by atoms with Crippen LogP contribution in [0.2, 0.25) is 0 Å². The largest absolute Gasteiger partial charge is 0.381 e. The molecule has 1 N–H and O–H groups in total. The van der Waals surface area contributed by atoms with E-state index in [0.29, 0.717) is 24.9 Å². The lowest BCUT2D eigenvalue weighted by Crippen LogP contribution is -2.41. The molecule has 1 aliphatic heterocycles. The molecule has 1 saturated heterocycles. The molecular weight excluding hydrogens is 534 g/mol. The van der Waals surface area contributed by atoms with Gasteiger partial charge in [0.1, 0.15) is 12.2 Å². The molecule has 0 bridgehead atoms. The molecule has 0 atom stereocenters. The fourth-order valence-electron chi connectivity index (χ4n) is 5.42. The number of unbranched alkanes of at least 4 members (excludes halogenated alkanes) is 10. The van der Waals surface area contributed by atoms with Crippen molar-refractivity contribution in [2.75, 3.05) is 13.2 Å². The molecule has 8 heteroatoms. The number of nitrogens with one attached hydrogen (secondary N) is 1. The Hall–Kier alpha value is -1.22. The minimum atomic E-state index is -0.244. The molecule has 1 rings (SSSR count). The van der Waals surface area contributed by atoms with Crippen LogP contribution in [0.5, 0.6) is 0 Å². The second kappa shape index (κ2) is 27.3. The van der Waals surface area contributed by atoms with Gasteiger partial charge in [0.2, 0.25) is 0 Å². The molecule has 0 aromatic heterocycles. The van der Waals surface area contributed by atoms with Crippen molar-refractivity contribution in [2.45, 2.75) is 193 Å². The molecule has 1 heterocycles. The summed E-state index contributed by atoms with van der Waals surface area (Å²) in [5.74, 6) is -0.488. The maximum atomic E-state index is 11.8. The summed E-state index contributed by atoms with van der Waals surface area (Å²) < 4.78 is 5.56. The second-order valence-corrected chi connectivity index (χ2v) is 12.1. The number of ether oxygens (including phenoxy) is 1. The molecule has 0 amide bonds. The molecule has 248 valence electrons. The lowest BCUT2D eigenvalue weighted by molar-refractivity contribution is -0.299. The predicted molar refractivity (Wildman–Crippen MR) is 168 cm³/mol. The van der Waals surface area contributed by atoms with Crippen LogP contribution in [-0.2, 0) is 33.9 Å². The number of rotatable bonds is 28. The van der Waals surface area contributed by atoms with E-state index in [1.165, 1.54) is 64.2 Å². The van der Waals surface area contributed by atoms with Gasteiger partial charge in [0.25, 0.3) is 0 Å². The molecule has 1 aliphatic rings. The summed E-state index contributed by atoms with van der Waals surface area (Å²) in [6.45, 7) is 9.88. The molecule has 42 heavy (non-hydrogen) atoms. The number of carbonyl (C=O) groups is 2. The summed E-state index contributed by atoms with van der Waals surface area (Å²) >= 11 is 0. The zero-order valence-corrected chi connectivity index (χ0v) is 27.6. The van der Waals surface area contributed by atoms with Gasteiger partial charge in [-0.1, -0.05) is 91.9 Å². The number of carbonyl (C=O) groups excluding carboxylic acids is 2. The number of hydrogen-bond acceptors (Lipinski definition) is 8. The maximum absolute atomic E-state index is 11.8. The number of hydrogen-bond donors (Lipinski definition) is 1. The van der Waals surface area contributed by atoms with Crippen LogP contribution in [-0.4, -0.2) is 49.4 Å². The van der Waals surface area contributed by atoms with E-state index in [1.807, 2.05) is 27.7 Å². The third-order valence-corrected chi connectivity index (χ3v) is 8.44. The van der Waals surface area contributed by atoms with Crippen molar-refractivity contribution < 1.29 is 33.9 Å². The van der Waals surface area contributed by atoms with E-state index < -0.39 is 0 Å². The molecule has 8 nitrogen and oxygen atoms in total. The molecule has 1 fully saturated rings. The summed E-state index contributed by atoms with van der Waals surface area (Å²) in [5, 5.41) is 3.95. The molecule has 0 aliphatic carbocycles. The van der Waals surface area contributed by atoms with E-state index in [2.05, 4.69) is 5.32 Å². The second-order valence-electron chi connectivity index (χ2n) is 12.1. The maximum Gasteiger partial charge on any atom is 0.342 e. The summed E-state index contributed by atoms with van der Waals surface area (Å²) in [7, 11) is 0. The van der Waals surface area contributed by atoms with Crippen LogP contribution in [0.15, 0.2) is 0 Å². The van der Waals surface area contributed by atoms with Crippen LogP contribution >= 0.6 is 0 Å². The van der Waals surface area contributed by atoms with Gasteiger partial charge in [-0.15, -0.1) is 0 Å². The Morgan fingerprint density at radius 3 is 1.40 bits per heavy atom. The van der Waals surface area contributed by atoms with Crippen LogP contribution in [0.25, 0.3) is 0 Å². The van der Waals surface area contributed by atoms with Gasteiger partial charge in [-0.2, -0.15) is 9.78 Å². The van der Waals surface area contributed by atoms with E-state index in [-0.39, 0.29) is 24.1 Å². The first-order valence-corrected chi connectivity index (χ1v) is 17.6. The Kier molecular flexibility index (Phi) is 25.3. The summed E-state index contributed by atoms with van der Waals surface area (Å²) in [5.41, 5.74) is 0. The van der Waals surface area contributed by atoms with Gasteiger partial charge >= 0.3 is 11.9 Å². The smallest absolute Gasteiger partial charge is 0.342 e. The van der Waals surface area contributed by atoms with Crippen molar-refractivity contribution in [2.24, 2.45) is 0 Å². The van der Waals surface area contributed by atoms with Crippen molar-refractivity contribution in [3.8, 4) is 0 Å². The van der Waals surface area contributed by atoms with Gasteiger partial charge in [0.05, 0.1) is 0 Å². The Bertz CT molecular complexity index is 589. The van der Waals surface area contributed by atoms with Crippen molar-refractivity contribution in [1.29, 1.82) is 0 Å². The van der Waals surface area contributed by atoms with E-state index in [0.717, 1.165) is 77.4 Å². The van der Waals surface area contributed by atoms with Crippen LogP contribution in [0.3, 0.4) is 0 Å². The zero-order valence-electron chi connectivity index (χ0n) is 27.6. The van der Waals surface area contributed by atoms with Crippen LogP contribution in [0.1, 0.15) is 169 Å². The molecule has 0 unspecified atom stereocenters. The highest BCUT2D eigenvalue weighted by Crippen LogP contribution is 2.18. The molecule has 0 spiro atoms. The molecule has 0 aromatic rings. The van der Waals surface area contributed by atoms with Crippen LogP contribution in [0, 0.1) is 0 Å². The highest BCUT2D eigenvalue weighted by atomic mass is 17.2. The first-order chi connectivity index (χ1) is 20.5. The highest BCUT2D eigenvalue weighted by molar-refractivity contribution is 5.68. The topological polar surface area (TPSA) is 92.3 Å². The minimum absolute atomic E-state index is 0.00712. The summed E-state index contributed by atoms with van der Waals surface area (Å²) in [6, 6.07) is 1.17. The Morgan fingerprint density at radius 1 is 0.619 bits per heavy atom. The van der Waals surface area contributed by atoms with Gasteiger partial charge in [-0.3, -0.25) is 9.78 Å². The summed E-state index contributed by atoms with van der Waals surface area (Å²) in [4.78, 5) is 43.9. The standard InChI is InChI=1S/C34H65NO7/c1-5-31(6-2)39-41-33(36)23-19-15-11-9-13-17-21-29(35-30-25-27-38-28-26-30)22-18-14-10-12-16-20-24-34(37)42-40-32(7-3)8-4/h29-32,35H,5-28H2,1-4H3. The van der Waals surface area contributed by atoms with Crippen molar-refractivity contribution in [1.82, 2.24) is 5.32 Å². The lowest BCUT2D eigenvalue weighted by Gasteiger charge is -2.29. The summed E-state index contributed by atoms with van der Waals surface area (Å²) in [6.07, 6.45) is 22.7. The monoisotopic (exact) mass is 599 g/mol. The highest BCUT2D eigenvalue weighted by Gasteiger charge is 2.18. The van der Waals surface area contributed by atoms with Gasteiger partial charge in [0.15, 0.2) is 0 Å². The van der Waals surface area contributed by atoms with Gasteiger partial charge < -0.3 is 10.1 Å². The van der Waals surface area contributed by atoms with E-state index in [9.17, 15) is 9.59 Å². The third-order valence-electron chi connectivity index (χ3n) is 8.44. The Morgan fingerprint density at radius 2 is 1.00 bits per heavy atom. The van der Waals surface area contributed by atoms with Gasteiger partial charge in [-0.05, 0) is 64.2 Å². The van der Waals surface area contributed by atoms with E-state index in [4.69, 9.17) is 24.3 Å². The van der Waals surface area contributed by atoms with Crippen molar-refractivity contribution in [3.63, 3.8) is 0 Å². The first kappa shape index (κ1) is 38.8. The molecule has 0 aromatic carbocycles. The quantitative estimate of drug-likeness (QED) is 0.0542. The zero-order chi connectivity index (χ0) is 30.7. The molecular formula is C34H65NO7. The SMILES string of the molecule is CCC(CC)OOC(=O)CCCCCCCCC(CCCCCCCCC(=O)OOC(CC)CC)NC1CCOCC1. The normalized spacial score (nSPS) is 14.3. The van der Waals surface area contributed by atoms with E-state index in [1.54, 1.807) is 0 Å². The van der Waals surface area contributed by atoms with Gasteiger partial charge in [-0.25, -0.2) is 9.59 Å². The fraction of sp³-hybridized carbons (Fsp3) is 0.941. The third kappa shape index (κ3) is 21.5. The van der Waals surface area contributed by atoms with Crippen molar-refractivity contribution >= 4 is 11.9 Å². The molecule has 0 radical (unpaired) electrons. The van der Waals surface area contributed by atoms with Gasteiger partial charge in [0, 0.05) is 38.1 Å². The fourth-order valence-corrected chi connectivity index (χ4v) is 5.42. The predicted octanol–water partition coefficient (Wildman–Crippen LogP) is 8.69. The Labute approximate surface area is 257 Å². The average Bonchev–Trinajstić information content (AvgIpc) is 3.01. The van der Waals surface area contributed by atoms with E-state index >= 15 is 0 Å². The lowest BCUT2D eigenvalue weighted by atomic mass is 9.98. The molecule has 0 saturated carbocycles. The Balaban J connectivity index is 2.12. The van der Waals surface area contributed by atoms with Crippen LogP contribution < -0.4 is 5.32 Å². The minimum Gasteiger partial charge on any atom is -0.381 e. The van der Waals surface area contributed by atoms with Crippen molar-refractivity contribution in [3.05, 3.63) is 0 Å². The first-order valence-electron chi connectivity index (χ1n) is 17.6.